The molecule has 0 saturated carbocycles. The number of aliphatic hydroxyl groups is 1. The minimum absolute atomic E-state index is 0.0107. The van der Waals surface area contributed by atoms with E-state index in [4.69, 9.17) is 6.42 Å². The number of amides is 3. The number of terminal acetylenes is 1. The summed E-state index contributed by atoms with van der Waals surface area (Å²) in [5, 5.41) is 15.6. The highest BCUT2D eigenvalue weighted by Gasteiger charge is 2.51. The summed E-state index contributed by atoms with van der Waals surface area (Å²) < 4.78 is 56.5. The average Bonchev–Trinajstić information content (AvgIpc) is 3.21. The van der Waals surface area contributed by atoms with Crippen molar-refractivity contribution in [3.05, 3.63) is 71.3 Å². The van der Waals surface area contributed by atoms with Gasteiger partial charge in [0.1, 0.15) is 17.7 Å². The first-order valence-corrected chi connectivity index (χ1v) is 11.9. The SMILES string of the molecule is C#CCCC(=O)N[C@@H](Cc1ccccc1)[C@H](O)C(=O)N1CC(F)(F)C[C@H]1C(=O)NCc1c(F)cccc1F. The van der Waals surface area contributed by atoms with E-state index in [0.717, 1.165) is 18.2 Å². The van der Waals surface area contributed by atoms with Gasteiger partial charge in [-0.3, -0.25) is 14.4 Å². The lowest BCUT2D eigenvalue weighted by atomic mass is 9.99. The lowest BCUT2D eigenvalue weighted by molar-refractivity contribution is -0.147. The molecule has 0 radical (unpaired) electrons. The number of benzene rings is 2. The topological polar surface area (TPSA) is 98.7 Å². The van der Waals surface area contributed by atoms with Crippen LogP contribution in [0.2, 0.25) is 0 Å². The molecule has 38 heavy (non-hydrogen) atoms. The molecule has 2 aromatic rings. The number of likely N-dealkylation sites (tertiary alicyclic amines) is 1. The van der Waals surface area contributed by atoms with Gasteiger partial charge in [0.15, 0.2) is 6.10 Å². The number of carbonyl (C=O) groups is 3. The van der Waals surface area contributed by atoms with Gasteiger partial charge in [0.2, 0.25) is 11.8 Å². The van der Waals surface area contributed by atoms with E-state index in [0.29, 0.717) is 10.5 Å². The van der Waals surface area contributed by atoms with Crippen LogP contribution in [0, 0.1) is 24.0 Å². The van der Waals surface area contributed by atoms with Gasteiger partial charge < -0.3 is 20.6 Å². The monoisotopic (exact) mass is 533 g/mol. The zero-order chi connectivity index (χ0) is 27.9. The molecule has 3 rings (SSSR count). The number of aliphatic hydroxyl groups excluding tert-OH is 1. The van der Waals surface area contributed by atoms with Crippen LogP contribution in [-0.2, 0) is 27.3 Å². The number of rotatable bonds is 10. The maximum atomic E-state index is 14.4. The van der Waals surface area contributed by atoms with Gasteiger partial charge in [0, 0.05) is 31.4 Å². The van der Waals surface area contributed by atoms with Crippen molar-refractivity contribution in [3.63, 3.8) is 0 Å². The van der Waals surface area contributed by atoms with Crippen LogP contribution in [0.4, 0.5) is 17.6 Å². The fourth-order valence-electron chi connectivity index (χ4n) is 4.19. The molecule has 3 N–H and O–H groups in total. The molecule has 1 saturated heterocycles. The predicted molar refractivity (Wildman–Crippen MR) is 129 cm³/mol. The molecule has 7 nitrogen and oxygen atoms in total. The minimum atomic E-state index is -3.45. The number of hydrogen-bond donors (Lipinski definition) is 3. The predicted octanol–water partition coefficient (Wildman–Crippen LogP) is 2.32. The van der Waals surface area contributed by atoms with Crippen LogP contribution in [0.15, 0.2) is 48.5 Å². The van der Waals surface area contributed by atoms with E-state index >= 15 is 0 Å². The van der Waals surface area contributed by atoms with E-state index < -0.39 is 78.5 Å². The van der Waals surface area contributed by atoms with Crippen LogP contribution in [0.25, 0.3) is 0 Å². The first-order valence-electron chi connectivity index (χ1n) is 11.9. The Hall–Kier alpha value is -3.91. The molecule has 2 aromatic carbocycles. The van der Waals surface area contributed by atoms with Gasteiger partial charge in [0.05, 0.1) is 12.6 Å². The quantitative estimate of drug-likeness (QED) is 0.323. The summed E-state index contributed by atoms with van der Waals surface area (Å²) in [6.07, 6.45) is 2.17. The molecule has 1 heterocycles. The molecular formula is C27H27F4N3O4. The van der Waals surface area contributed by atoms with Crippen LogP contribution in [0.5, 0.6) is 0 Å². The molecule has 0 aliphatic carbocycles. The Morgan fingerprint density at radius 3 is 2.39 bits per heavy atom. The third-order valence-electron chi connectivity index (χ3n) is 6.13. The molecule has 1 aliphatic rings. The highest BCUT2D eigenvalue weighted by molar-refractivity contribution is 5.91. The van der Waals surface area contributed by atoms with Crippen molar-refractivity contribution in [3.8, 4) is 12.3 Å². The van der Waals surface area contributed by atoms with Crippen LogP contribution in [0.1, 0.15) is 30.4 Å². The molecule has 0 spiro atoms. The molecule has 1 fully saturated rings. The fraction of sp³-hybridized carbons (Fsp3) is 0.370. The third-order valence-corrected chi connectivity index (χ3v) is 6.13. The van der Waals surface area contributed by atoms with Gasteiger partial charge >= 0.3 is 0 Å². The van der Waals surface area contributed by atoms with Crippen molar-refractivity contribution >= 4 is 17.7 Å². The van der Waals surface area contributed by atoms with E-state index in [1.54, 1.807) is 30.3 Å². The van der Waals surface area contributed by atoms with Crippen molar-refractivity contribution in [1.29, 1.82) is 0 Å². The lowest BCUT2D eigenvalue weighted by Crippen LogP contribution is -2.55. The molecular weight excluding hydrogens is 506 g/mol. The Balaban J connectivity index is 1.78. The Morgan fingerprint density at radius 1 is 1.11 bits per heavy atom. The molecule has 202 valence electrons. The second-order valence-corrected chi connectivity index (χ2v) is 8.97. The van der Waals surface area contributed by atoms with Crippen LogP contribution < -0.4 is 10.6 Å². The number of carbonyl (C=O) groups excluding carboxylic acids is 3. The zero-order valence-corrected chi connectivity index (χ0v) is 20.3. The van der Waals surface area contributed by atoms with Crippen molar-refractivity contribution in [2.45, 2.75) is 56.3 Å². The molecule has 0 bridgehead atoms. The second-order valence-electron chi connectivity index (χ2n) is 8.97. The average molecular weight is 534 g/mol. The zero-order valence-electron chi connectivity index (χ0n) is 20.3. The first kappa shape index (κ1) is 28.7. The van der Waals surface area contributed by atoms with Crippen LogP contribution >= 0.6 is 0 Å². The highest BCUT2D eigenvalue weighted by Crippen LogP contribution is 2.33. The molecule has 0 unspecified atom stereocenters. The van der Waals surface area contributed by atoms with Gasteiger partial charge in [-0.15, -0.1) is 12.3 Å². The summed E-state index contributed by atoms with van der Waals surface area (Å²) in [5.74, 6) is -5.84. The normalized spacial score (nSPS) is 17.8. The van der Waals surface area contributed by atoms with Crippen molar-refractivity contribution in [1.82, 2.24) is 15.5 Å². The van der Waals surface area contributed by atoms with E-state index in [2.05, 4.69) is 16.6 Å². The van der Waals surface area contributed by atoms with Gasteiger partial charge in [0.25, 0.3) is 11.8 Å². The Kier molecular flexibility index (Phi) is 9.47. The summed E-state index contributed by atoms with van der Waals surface area (Å²) in [5.41, 5.74) is 0.177. The van der Waals surface area contributed by atoms with Crippen molar-refractivity contribution in [2.24, 2.45) is 0 Å². The number of hydrogen-bond acceptors (Lipinski definition) is 4. The maximum absolute atomic E-state index is 14.4. The van der Waals surface area contributed by atoms with E-state index in [-0.39, 0.29) is 19.3 Å². The molecule has 11 heteroatoms. The number of alkyl halides is 2. The summed E-state index contributed by atoms with van der Waals surface area (Å²) in [7, 11) is 0. The van der Waals surface area contributed by atoms with Gasteiger partial charge in [-0.2, -0.15) is 0 Å². The molecule has 3 atom stereocenters. The Labute approximate surface area is 217 Å². The minimum Gasteiger partial charge on any atom is -0.381 e. The summed E-state index contributed by atoms with van der Waals surface area (Å²) in [6.45, 7) is -1.79. The molecule has 1 aliphatic heterocycles. The maximum Gasteiger partial charge on any atom is 0.267 e. The summed E-state index contributed by atoms with van der Waals surface area (Å²) in [6, 6.07) is 8.72. The van der Waals surface area contributed by atoms with E-state index in [9.17, 15) is 37.1 Å². The first-order chi connectivity index (χ1) is 18.0. The van der Waals surface area contributed by atoms with E-state index in [1.807, 2.05) is 0 Å². The third kappa shape index (κ3) is 7.32. The van der Waals surface area contributed by atoms with E-state index in [1.165, 1.54) is 0 Å². The number of nitrogens with zero attached hydrogens (tertiary/aromatic N) is 1. The van der Waals surface area contributed by atoms with Crippen molar-refractivity contribution in [2.75, 3.05) is 6.54 Å². The fourth-order valence-corrected chi connectivity index (χ4v) is 4.19. The number of nitrogens with one attached hydrogen (secondary N) is 2. The lowest BCUT2D eigenvalue weighted by Gasteiger charge is -2.30. The largest absolute Gasteiger partial charge is 0.381 e. The summed E-state index contributed by atoms with van der Waals surface area (Å²) in [4.78, 5) is 38.8. The highest BCUT2D eigenvalue weighted by atomic mass is 19.3. The second kappa shape index (κ2) is 12.6. The smallest absolute Gasteiger partial charge is 0.267 e. The molecule has 0 aromatic heterocycles. The number of halogens is 4. The Morgan fingerprint density at radius 2 is 1.76 bits per heavy atom. The summed E-state index contributed by atoms with van der Waals surface area (Å²) >= 11 is 0. The standard InChI is InChI=1S/C27H27F4N3O4/c1-2-3-12-23(35)33-21(13-17-8-5-4-6-9-17)24(36)26(38)34-16-27(30,31)14-22(34)25(37)32-15-18-19(28)10-7-11-20(18)29/h1,4-11,21-22,24,36H,3,12-16H2,(H,32,37)(H,33,35)/t21-,22-,24-/m0/s1. The molecule has 3 amide bonds. The van der Waals surface area contributed by atoms with Gasteiger partial charge in [-0.25, -0.2) is 17.6 Å². The van der Waals surface area contributed by atoms with Crippen LogP contribution in [-0.4, -0.2) is 58.4 Å². The van der Waals surface area contributed by atoms with Crippen LogP contribution in [0.3, 0.4) is 0 Å². The van der Waals surface area contributed by atoms with Crippen molar-refractivity contribution < 1.29 is 37.1 Å². The van der Waals surface area contributed by atoms with Gasteiger partial charge in [-0.05, 0) is 24.1 Å². The van der Waals surface area contributed by atoms with Gasteiger partial charge in [-0.1, -0.05) is 36.4 Å². The Bertz CT molecular complexity index is 1180.